The number of carbonyl (C=O) groups is 2. The third-order valence-corrected chi connectivity index (χ3v) is 5.89. The molecule has 188 valence electrons. The molecule has 3 aromatic rings. The molecular formula is C27H25F3N2O4. The molecule has 1 aliphatic rings. The van der Waals surface area contributed by atoms with Crippen LogP contribution in [-0.4, -0.2) is 29.9 Å². The summed E-state index contributed by atoms with van der Waals surface area (Å²) in [7, 11) is 1.54. The Morgan fingerprint density at radius 3 is 2.53 bits per heavy atom. The average Bonchev–Trinajstić information content (AvgIpc) is 2.99. The van der Waals surface area contributed by atoms with Crippen molar-refractivity contribution in [1.82, 2.24) is 4.90 Å². The smallest absolute Gasteiger partial charge is 0.416 e. The number of carbonyl (C=O) groups excluding carboxylic acids is 2. The van der Waals surface area contributed by atoms with Gasteiger partial charge in [-0.25, -0.2) is 0 Å². The van der Waals surface area contributed by atoms with E-state index in [1.54, 1.807) is 55.5 Å². The van der Waals surface area contributed by atoms with Crippen molar-refractivity contribution in [3.63, 3.8) is 0 Å². The predicted molar refractivity (Wildman–Crippen MR) is 128 cm³/mol. The van der Waals surface area contributed by atoms with Gasteiger partial charge in [-0.2, -0.15) is 13.2 Å². The van der Waals surface area contributed by atoms with Crippen LogP contribution >= 0.6 is 0 Å². The second-order valence-electron chi connectivity index (χ2n) is 8.41. The maximum absolute atomic E-state index is 13.2. The lowest BCUT2D eigenvalue weighted by Gasteiger charge is -2.23. The molecule has 0 bridgehead atoms. The number of rotatable bonds is 6. The van der Waals surface area contributed by atoms with Gasteiger partial charge in [-0.15, -0.1) is 0 Å². The molecule has 1 N–H and O–H groups in total. The third kappa shape index (κ3) is 5.62. The number of nitrogens with one attached hydrogen (secondary N) is 1. The van der Waals surface area contributed by atoms with Crippen LogP contribution in [0, 0.1) is 0 Å². The highest BCUT2D eigenvalue weighted by Crippen LogP contribution is 2.32. The van der Waals surface area contributed by atoms with Crippen LogP contribution < -0.4 is 14.8 Å². The predicted octanol–water partition coefficient (Wildman–Crippen LogP) is 5.67. The molecule has 0 spiro atoms. The Labute approximate surface area is 206 Å². The van der Waals surface area contributed by atoms with Crippen LogP contribution in [-0.2, 0) is 24.1 Å². The van der Waals surface area contributed by atoms with Gasteiger partial charge in [-0.05, 0) is 66.6 Å². The van der Waals surface area contributed by atoms with Crippen LogP contribution in [0.5, 0.6) is 11.5 Å². The van der Waals surface area contributed by atoms with Gasteiger partial charge in [0.15, 0.2) is 6.10 Å². The third-order valence-electron chi connectivity index (χ3n) is 5.89. The molecule has 4 rings (SSSR count). The molecule has 2 amide bonds. The van der Waals surface area contributed by atoms with Crippen molar-refractivity contribution in [3.05, 3.63) is 89.0 Å². The summed E-state index contributed by atoms with van der Waals surface area (Å²) >= 11 is 0. The highest BCUT2D eigenvalue weighted by Gasteiger charge is 2.32. The lowest BCUT2D eigenvalue weighted by Crippen LogP contribution is -2.38. The molecule has 0 radical (unpaired) electrons. The van der Waals surface area contributed by atoms with E-state index in [0.29, 0.717) is 40.3 Å². The number of nitrogens with zero attached hydrogens (tertiary/aromatic N) is 1. The zero-order valence-electron chi connectivity index (χ0n) is 19.8. The molecule has 9 heteroatoms. The Morgan fingerprint density at radius 2 is 1.86 bits per heavy atom. The first kappa shape index (κ1) is 25.1. The zero-order valence-corrected chi connectivity index (χ0v) is 19.8. The Bertz CT molecular complexity index is 1260. The lowest BCUT2D eigenvalue weighted by molar-refractivity contribution is -0.139. The second kappa shape index (κ2) is 10.3. The molecule has 36 heavy (non-hydrogen) atoms. The molecule has 6 nitrogen and oxygen atoms in total. The Morgan fingerprint density at radius 1 is 1.11 bits per heavy atom. The van der Waals surface area contributed by atoms with Crippen LogP contribution in [0.2, 0.25) is 0 Å². The molecule has 0 aliphatic carbocycles. The van der Waals surface area contributed by atoms with Gasteiger partial charge in [0.1, 0.15) is 11.5 Å². The average molecular weight is 499 g/mol. The first-order chi connectivity index (χ1) is 17.2. The van der Waals surface area contributed by atoms with Crippen LogP contribution in [0.1, 0.15) is 40.4 Å². The van der Waals surface area contributed by atoms with Crippen LogP contribution in [0.15, 0.2) is 66.7 Å². The van der Waals surface area contributed by atoms with Gasteiger partial charge in [0.05, 0.1) is 12.7 Å². The van der Waals surface area contributed by atoms with E-state index in [1.165, 1.54) is 18.1 Å². The van der Waals surface area contributed by atoms with Crippen molar-refractivity contribution in [1.29, 1.82) is 0 Å². The first-order valence-corrected chi connectivity index (χ1v) is 11.4. The molecule has 0 fully saturated rings. The van der Waals surface area contributed by atoms with Gasteiger partial charge >= 0.3 is 6.18 Å². The molecule has 0 saturated heterocycles. The highest BCUT2D eigenvalue weighted by atomic mass is 19.4. The lowest BCUT2D eigenvalue weighted by atomic mass is 10.1. The molecule has 0 unspecified atom stereocenters. The van der Waals surface area contributed by atoms with E-state index in [4.69, 9.17) is 9.47 Å². The monoisotopic (exact) mass is 498 g/mol. The van der Waals surface area contributed by atoms with E-state index < -0.39 is 17.8 Å². The quantitative estimate of drug-likeness (QED) is 0.476. The Hall–Kier alpha value is -4.01. The van der Waals surface area contributed by atoms with Crippen molar-refractivity contribution < 1.29 is 32.2 Å². The fraction of sp³-hybridized carbons (Fsp3) is 0.259. The minimum Gasteiger partial charge on any atom is -0.497 e. The largest absolute Gasteiger partial charge is 0.497 e. The van der Waals surface area contributed by atoms with Crippen molar-refractivity contribution in [2.45, 2.75) is 38.7 Å². The van der Waals surface area contributed by atoms with E-state index >= 15 is 0 Å². The summed E-state index contributed by atoms with van der Waals surface area (Å²) in [5.74, 6) is 0.485. The zero-order chi connectivity index (χ0) is 25.9. The number of hydrogen-bond acceptors (Lipinski definition) is 4. The van der Waals surface area contributed by atoms with Gasteiger partial charge in [-0.3, -0.25) is 9.59 Å². The minimum atomic E-state index is -4.47. The Balaban J connectivity index is 1.57. The summed E-state index contributed by atoms with van der Waals surface area (Å²) < 4.78 is 50.6. The van der Waals surface area contributed by atoms with E-state index in [9.17, 15) is 22.8 Å². The number of benzene rings is 3. The van der Waals surface area contributed by atoms with Gasteiger partial charge in [0.25, 0.3) is 11.8 Å². The minimum absolute atomic E-state index is 0.00944. The van der Waals surface area contributed by atoms with E-state index in [0.717, 1.165) is 12.1 Å². The standard InChI is InChI=1S/C27H25F3N2O4/c1-3-23-26(34)32(15-17-5-4-6-20(13-17)27(28,29)30)16-19-14-21(9-12-24(19)36-23)31-25(33)18-7-10-22(35-2)11-8-18/h4-14,23H,3,15-16H2,1-2H3,(H,31,33)/t23-/m0/s1. The normalized spacial score (nSPS) is 15.5. The number of methoxy groups -OCH3 is 1. The maximum Gasteiger partial charge on any atom is 0.416 e. The van der Waals surface area contributed by atoms with E-state index in [-0.39, 0.29) is 24.9 Å². The Kier molecular flexibility index (Phi) is 7.19. The first-order valence-electron chi connectivity index (χ1n) is 11.4. The number of fused-ring (bicyclic) bond motifs is 1. The SMILES string of the molecule is CC[C@@H]1Oc2ccc(NC(=O)c3ccc(OC)cc3)cc2CN(Cc2cccc(C(F)(F)F)c2)C1=O. The fourth-order valence-corrected chi connectivity index (χ4v) is 3.99. The summed E-state index contributed by atoms with van der Waals surface area (Å²) in [4.78, 5) is 27.3. The van der Waals surface area contributed by atoms with Crippen LogP contribution in [0.25, 0.3) is 0 Å². The van der Waals surface area contributed by atoms with Gasteiger partial charge < -0.3 is 19.7 Å². The van der Waals surface area contributed by atoms with Crippen molar-refractivity contribution in [2.75, 3.05) is 12.4 Å². The molecular weight excluding hydrogens is 473 g/mol. The second-order valence-corrected chi connectivity index (χ2v) is 8.41. The molecule has 1 atom stereocenters. The summed E-state index contributed by atoms with van der Waals surface area (Å²) in [6.07, 6.45) is -4.85. The highest BCUT2D eigenvalue weighted by molar-refractivity contribution is 6.04. The fourth-order valence-electron chi connectivity index (χ4n) is 3.99. The summed E-state index contributed by atoms with van der Waals surface area (Å²) in [5, 5.41) is 2.83. The molecule has 1 aliphatic heterocycles. The molecule has 1 heterocycles. The van der Waals surface area contributed by atoms with Gasteiger partial charge in [-0.1, -0.05) is 19.1 Å². The number of amides is 2. The summed E-state index contributed by atoms with van der Waals surface area (Å²) in [6.45, 7) is 1.91. The number of alkyl halides is 3. The van der Waals surface area contributed by atoms with Gasteiger partial charge in [0.2, 0.25) is 0 Å². The number of anilines is 1. The number of hydrogen-bond donors (Lipinski definition) is 1. The molecule has 3 aromatic carbocycles. The molecule has 0 aromatic heterocycles. The maximum atomic E-state index is 13.2. The van der Waals surface area contributed by atoms with Crippen LogP contribution in [0.3, 0.4) is 0 Å². The van der Waals surface area contributed by atoms with E-state index in [2.05, 4.69) is 5.32 Å². The van der Waals surface area contributed by atoms with Gasteiger partial charge in [0, 0.05) is 29.9 Å². The topological polar surface area (TPSA) is 67.9 Å². The van der Waals surface area contributed by atoms with Crippen molar-refractivity contribution in [3.8, 4) is 11.5 Å². The van der Waals surface area contributed by atoms with E-state index in [1.807, 2.05) is 0 Å². The van der Waals surface area contributed by atoms with Crippen molar-refractivity contribution >= 4 is 17.5 Å². The summed E-state index contributed by atoms with van der Waals surface area (Å²) in [5.41, 5.74) is 1.17. The number of ether oxygens (including phenoxy) is 2. The van der Waals surface area contributed by atoms with Crippen LogP contribution in [0.4, 0.5) is 18.9 Å². The molecule has 0 saturated carbocycles. The van der Waals surface area contributed by atoms with Crippen molar-refractivity contribution in [2.24, 2.45) is 0 Å². The summed E-state index contributed by atoms with van der Waals surface area (Å²) in [6, 6.07) is 16.7. The number of halogens is 3.